The minimum atomic E-state index is -0.526. The van der Waals surface area contributed by atoms with Gasteiger partial charge in [0.05, 0.1) is 20.8 Å². The zero-order valence-electron chi connectivity index (χ0n) is 19.0. The van der Waals surface area contributed by atoms with E-state index in [0.29, 0.717) is 40.2 Å². The molecule has 0 atom stereocenters. The van der Waals surface area contributed by atoms with Gasteiger partial charge in [0, 0.05) is 21.7 Å². The Morgan fingerprint density at radius 1 is 0.765 bits per heavy atom. The molecule has 0 fully saturated rings. The highest BCUT2D eigenvalue weighted by molar-refractivity contribution is 6.31. The minimum Gasteiger partial charge on any atom is -0.493 e. The molecular weight excluding hydrogens is 460 g/mol. The Hall–Kier alpha value is -3.91. The molecule has 178 valence electrons. The summed E-state index contributed by atoms with van der Waals surface area (Å²) in [6, 6.07) is 16.8. The SMILES string of the molecule is CCOc1ccc(C(=O)NNC(=O)c2ccc(OCc3ccccc3Cl)c(OC)c2)cc1OC. The summed E-state index contributed by atoms with van der Waals surface area (Å²) >= 11 is 6.16. The average Bonchev–Trinajstić information content (AvgIpc) is 2.86. The van der Waals surface area contributed by atoms with E-state index in [0.717, 1.165) is 5.56 Å². The first-order valence-corrected chi connectivity index (χ1v) is 10.8. The van der Waals surface area contributed by atoms with Crippen LogP contribution in [-0.2, 0) is 6.61 Å². The Labute approximate surface area is 202 Å². The molecule has 0 aliphatic heterocycles. The molecule has 34 heavy (non-hydrogen) atoms. The maximum absolute atomic E-state index is 12.6. The second kappa shape index (κ2) is 11.8. The molecule has 0 aliphatic rings. The Balaban J connectivity index is 1.63. The molecule has 0 saturated carbocycles. The molecule has 0 aliphatic carbocycles. The zero-order valence-corrected chi connectivity index (χ0v) is 19.8. The number of hydrogen-bond donors (Lipinski definition) is 2. The van der Waals surface area contributed by atoms with Crippen LogP contribution in [0.15, 0.2) is 60.7 Å². The summed E-state index contributed by atoms with van der Waals surface area (Å²) in [5.41, 5.74) is 6.15. The third-order valence-electron chi connectivity index (χ3n) is 4.78. The Morgan fingerprint density at radius 2 is 1.29 bits per heavy atom. The third kappa shape index (κ3) is 6.11. The quantitative estimate of drug-likeness (QED) is 0.437. The smallest absolute Gasteiger partial charge is 0.269 e. The van der Waals surface area contributed by atoms with Gasteiger partial charge in [0.15, 0.2) is 23.0 Å². The number of carbonyl (C=O) groups excluding carboxylic acids is 2. The molecule has 8 nitrogen and oxygen atoms in total. The fraction of sp³-hybridized carbons (Fsp3) is 0.200. The average molecular weight is 485 g/mol. The molecule has 2 N–H and O–H groups in total. The van der Waals surface area contributed by atoms with E-state index in [9.17, 15) is 9.59 Å². The number of carbonyl (C=O) groups is 2. The molecule has 3 aromatic carbocycles. The van der Waals surface area contributed by atoms with E-state index in [1.54, 1.807) is 30.3 Å². The van der Waals surface area contributed by atoms with Crippen LogP contribution in [0.3, 0.4) is 0 Å². The Kier molecular flexibility index (Phi) is 8.59. The van der Waals surface area contributed by atoms with Crippen molar-refractivity contribution in [2.75, 3.05) is 20.8 Å². The highest BCUT2D eigenvalue weighted by Crippen LogP contribution is 2.30. The van der Waals surface area contributed by atoms with Gasteiger partial charge in [0.25, 0.3) is 11.8 Å². The van der Waals surface area contributed by atoms with Crippen LogP contribution < -0.4 is 29.8 Å². The molecular formula is C25H25ClN2O6. The van der Waals surface area contributed by atoms with Crippen molar-refractivity contribution in [2.24, 2.45) is 0 Å². The van der Waals surface area contributed by atoms with Gasteiger partial charge in [0.2, 0.25) is 0 Å². The molecule has 2 amide bonds. The highest BCUT2D eigenvalue weighted by atomic mass is 35.5. The first-order valence-electron chi connectivity index (χ1n) is 10.4. The molecule has 0 unspecified atom stereocenters. The van der Waals surface area contributed by atoms with Crippen LogP contribution in [0.5, 0.6) is 23.0 Å². The Bertz CT molecular complexity index is 1170. The van der Waals surface area contributed by atoms with Gasteiger partial charge in [-0.05, 0) is 49.4 Å². The van der Waals surface area contributed by atoms with E-state index >= 15 is 0 Å². The summed E-state index contributed by atoms with van der Waals surface area (Å²) in [4.78, 5) is 25.0. The maximum Gasteiger partial charge on any atom is 0.269 e. The summed E-state index contributed by atoms with van der Waals surface area (Å²) in [6.07, 6.45) is 0. The predicted molar refractivity (Wildman–Crippen MR) is 128 cm³/mol. The lowest BCUT2D eigenvalue weighted by molar-refractivity contribution is 0.0846. The van der Waals surface area contributed by atoms with Crippen molar-refractivity contribution >= 4 is 23.4 Å². The third-order valence-corrected chi connectivity index (χ3v) is 5.15. The first kappa shape index (κ1) is 24.7. The molecule has 0 spiro atoms. The van der Waals surface area contributed by atoms with Gasteiger partial charge in [-0.15, -0.1) is 0 Å². The second-order valence-corrected chi connectivity index (χ2v) is 7.36. The summed E-state index contributed by atoms with van der Waals surface area (Å²) in [6.45, 7) is 2.55. The summed E-state index contributed by atoms with van der Waals surface area (Å²) in [5.74, 6) is 0.711. The number of rotatable bonds is 9. The first-order chi connectivity index (χ1) is 16.5. The van der Waals surface area contributed by atoms with Crippen molar-refractivity contribution in [1.29, 1.82) is 0 Å². The van der Waals surface area contributed by atoms with Gasteiger partial charge in [0.1, 0.15) is 6.61 Å². The molecule has 0 radical (unpaired) electrons. The van der Waals surface area contributed by atoms with Gasteiger partial charge in [-0.25, -0.2) is 0 Å². The van der Waals surface area contributed by atoms with E-state index in [1.807, 2.05) is 25.1 Å². The summed E-state index contributed by atoms with van der Waals surface area (Å²) in [5, 5.41) is 0.596. The zero-order chi connectivity index (χ0) is 24.5. The molecule has 9 heteroatoms. The van der Waals surface area contributed by atoms with Crippen LogP contribution in [-0.4, -0.2) is 32.6 Å². The number of hydrazine groups is 1. The number of hydrogen-bond acceptors (Lipinski definition) is 6. The van der Waals surface area contributed by atoms with E-state index in [2.05, 4.69) is 10.9 Å². The number of amides is 2. The Morgan fingerprint density at radius 3 is 1.79 bits per heavy atom. The van der Waals surface area contributed by atoms with Crippen molar-refractivity contribution < 1.29 is 28.5 Å². The molecule has 0 aromatic heterocycles. The molecule has 3 rings (SSSR count). The van der Waals surface area contributed by atoms with Gasteiger partial charge in [-0.3, -0.25) is 20.4 Å². The predicted octanol–water partition coefficient (Wildman–Crippen LogP) is 4.41. The lowest BCUT2D eigenvalue weighted by atomic mass is 10.2. The van der Waals surface area contributed by atoms with Gasteiger partial charge in [-0.2, -0.15) is 0 Å². The van der Waals surface area contributed by atoms with Crippen LogP contribution in [0.2, 0.25) is 5.02 Å². The number of halogens is 1. The lowest BCUT2D eigenvalue weighted by Gasteiger charge is -2.14. The van der Waals surface area contributed by atoms with Gasteiger partial charge >= 0.3 is 0 Å². The molecule has 0 saturated heterocycles. The van der Waals surface area contributed by atoms with Gasteiger partial charge in [-0.1, -0.05) is 29.8 Å². The normalized spacial score (nSPS) is 10.2. The standard InChI is InChI=1S/C25H25ClN2O6/c1-4-33-20-11-9-16(13-22(20)31-2)24(29)27-28-25(30)17-10-12-21(23(14-17)32-3)34-15-18-7-5-6-8-19(18)26/h5-14H,4,15H2,1-3H3,(H,27,29)(H,28,30). The van der Waals surface area contributed by atoms with Crippen LogP contribution in [0.1, 0.15) is 33.2 Å². The number of methoxy groups -OCH3 is 2. The number of ether oxygens (including phenoxy) is 4. The molecule has 0 bridgehead atoms. The van der Waals surface area contributed by atoms with E-state index in [-0.39, 0.29) is 12.2 Å². The van der Waals surface area contributed by atoms with E-state index < -0.39 is 11.8 Å². The summed E-state index contributed by atoms with van der Waals surface area (Å²) < 4.78 is 21.8. The van der Waals surface area contributed by atoms with Crippen molar-refractivity contribution in [2.45, 2.75) is 13.5 Å². The molecule has 3 aromatic rings. The van der Waals surface area contributed by atoms with E-state index in [4.69, 9.17) is 30.5 Å². The van der Waals surface area contributed by atoms with E-state index in [1.165, 1.54) is 26.4 Å². The minimum absolute atomic E-state index is 0.239. The van der Waals surface area contributed by atoms with Gasteiger partial charge < -0.3 is 18.9 Å². The fourth-order valence-corrected chi connectivity index (χ4v) is 3.23. The summed E-state index contributed by atoms with van der Waals surface area (Å²) in [7, 11) is 2.96. The topological polar surface area (TPSA) is 95.1 Å². The molecule has 0 heterocycles. The van der Waals surface area contributed by atoms with Crippen molar-refractivity contribution in [3.8, 4) is 23.0 Å². The van der Waals surface area contributed by atoms with Crippen molar-refractivity contribution in [3.63, 3.8) is 0 Å². The van der Waals surface area contributed by atoms with Crippen LogP contribution in [0.4, 0.5) is 0 Å². The maximum atomic E-state index is 12.6. The van der Waals surface area contributed by atoms with Crippen LogP contribution in [0.25, 0.3) is 0 Å². The monoisotopic (exact) mass is 484 g/mol. The second-order valence-electron chi connectivity index (χ2n) is 6.95. The fourth-order valence-electron chi connectivity index (χ4n) is 3.04. The van der Waals surface area contributed by atoms with Crippen LogP contribution >= 0.6 is 11.6 Å². The highest BCUT2D eigenvalue weighted by Gasteiger charge is 2.15. The van der Waals surface area contributed by atoms with Crippen molar-refractivity contribution in [3.05, 3.63) is 82.4 Å². The van der Waals surface area contributed by atoms with Crippen molar-refractivity contribution in [1.82, 2.24) is 10.9 Å². The largest absolute Gasteiger partial charge is 0.493 e. The number of nitrogens with one attached hydrogen (secondary N) is 2. The lowest BCUT2D eigenvalue weighted by Crippen LogP contribution is -2.41. The number of benzene rings is 3. The van der Waals surface area contributed by atoms with Crippen LogP contribution in [0, 0.1) is 0 Å².